The number of hydrogen-bond donors (Lipinski definition) is 2. The Morgan fingerprint density at radius 3 is 2.80 bits per heavy atom. The number of anilines is 1. The molecule has 5 rings (SSSR count). The summed E-state index contributed by atoms with van der Waals surface area (Å²) in [6, 6.07) is 11.4. The molecule has 0 saturated carbocycles. The number of nitrogens with one attached hydrogen (secondary N) is 2. The second kappa shape index (κ2) is 9.61. The maximum atomic E-state index is 14.2. The van der Waals surface area contributed by atoms with Crippen molar-refractivity contribution in [2.24, 2.45) is 5.92 Å². The van der Waals surface area contributed by atoms with E-state index in [1.165, 1.54) is 6.07 Å². The molecule has 1 aliphatic heterocycles. The van der Waals surface area contributed by atoms with Crippen molar-refractivity contribution in [1.82, 2.24) is 20.3 Å². The number of amides is 1. The second-order valence-corrected chi connectivity index (χ2v) is 9.40. The summed E-state index contributed by atoms with van der Waals surface area (Å²) in [5.74, 6) is -0.802. The molecule has 7 nitrogen and oxygen atoms in total. The smallest absolute Gasteiger partial charge is 0.407 e. The SMILES string of the molecule is CC(NC(=O)OCc1ccccc1)C1CN(c2c(Br)cncc2-c2nc3c(F)cc(F)cc3[nH]2)C1. The van der Waals surface area contributed by atoms with E-state index in [4.69, 9.17) is 4.74 Å². The number of ether oxygens (including phenoxy) is 1. The lowest BCUT2D eigenvalue weighted by atomic mass is 9.91. The van der Waals surface area contributed by atoms with E-state index in [1.54, 1.807) is 12.4 Å². The monoisotopic (exact) mass is 541 g/mol. The molecule has 1 fully saturated rings. The number of hydrogen-bond acceptors (Lipinski definition) is 5. The number of benzene rings is 2. The number of halogens is 3. The summed E-state index contributed by atoms with van der Waals surface area (Å²) >= 11 is 3.56. The molecule has 0 aliphatic carbocycles. The van der Waals surface area contributed by atoms with E-state index in [0.29, 0.717) is 24.5 Å². The summed E-state index contributed by atoms with van der Waals surface area (Å²) in [6.45, 7) is 3.52. The van der Waals surface area contributed by atoms with Gasteiger partial charge in [0.25, 0.3) is 0 Å². The molecule has 2 aromatic heterocycles. The molecule has 2 N–H and O–H groups in total. The van der Waals surface area contributed by atoms with Crippen molar-refractivity contribution in [3.63, 3.8) is 0 Å². The fourth-order valence-corrected chi connectivity index (χ4v) is 4.76. The predicted molar refractivity (Wildman–Crippen MR) is 132 cm³/mol. The number of aromatic amines is 1. The maximum absolute atomic E-state index is 14.2. The molecule has 0 bridgehead atoms. The minimum Gasteiger partial charge on any atom is -0.445 e. The van der Waals surface area contributed by atoms with Crippen LogP contribution in [0.1, 0.15) is 12.5 Å². The van der Waals surface area contributed by atoms with E-state index in [2.05, 4.69) is 41.1 Å². The highest BCUT2D eigenvalue weighted by Gasteiger charge is 2.35. The Morgan fingerprint density at radius 2 is 2.03 bits per heavy atom. The average molecular weight is 542 g/mol. The molecule has 10 heteroatoms. The van der Waals surface area contributed by atoms with E-state index in [1.807, 2.05) is 37.3 Å². The average Bonchev–Trinajstić information content (AvgIpc) is 3.23. The predicted octanol–water partition coefficient (Wildman–Crippen LogP) is 5.42. The molecule has 1 atom stereocenters. The molecule has 0 radical (unpaired) electrons. The van der Waals surface area contributed by atoms with Gasteiger partial charge in [-0.05, 0) is 34.5 Å². The number of alkyl carbamates (subject to hydrolysis) is 1. The van der Waals surface area contributed by atoms with Crippen LogP contribution < -0.4 is 10.2 Å². The summed E-state index contributed by atoms with van der Waals surface area (Å²) in [6.07, 6.45) is 2.86. The Kier molecular flexibility index (Phi) is 6.38. The van der Waals surface area contributed by atoms with Gasteiger partial charge >= 0.3 is 6.09 Å². The van der Waals surface area contributed by atoms with Gasteiger partial charge in [-0.25, -0.2) is 18.6 Å². The van der Waals surface area contributed by atoms with Crippen LogP contribution in [0, 0.1) is 17.6 Å². The summed E-state index contributed by atoms with van der Waals surface area (Å²) in [7, 11) is 0. The fourth-order valence-electron chi connectivity index (χ4n) is 4.17. The van der Waals surface area contributed by atoms with Gasteiger partial charge < -0.3 is 19.9 Å². The number of imidazole rings is 1. The number of rotatable bonds is 6. The Labute approximate surface area is 208 Å². The van der Waals surface area contributed by atoms with Gasteiger partial charge in [0.05, 0.1) is 21.2 Å². The van der Waals surface area contributed by atoms with Gasteiger partial charge in [-0.1, -0.05) is 30.3 Å². The Hall–Kier alpha value is -3.53. The number of fused-ring (bicyclic) bond motifs is 1. The van der Waals surface area contributed by atoms with Crippen LogP contribution in [-0.2, 0) is 11.3 Å². The van der Waals surface area contributed by atoms with Crippen LogP contribution in [-0.4, -0.2) is 40.2 Å². The molecule has 1 aliphatic rings. The molecule has 1 amide bonds. The minimum atomic E-state index is -0.727. The molecule has 0 spiro atoms. The van der Waals surface area contributed by atoms with E-state index in [9.17, 15) is 13.6 Å². The Bertz CT molecular complexity index is 1380. The van der Waals surface area contributed by atoms with E-state index < -0.39 is 17.7 Å². The van der Waals surface area contributed by atoms with Gasteiger partial charge in [-0.15, -0.1) is 0 Å². The van der Waals surface area contributed by atoms with E-state index in [-0.39, 0.29) is 29.6 Å². The summed E-state index contributed by atoms with van der Waals surface area (Å²) in [5, 5.41) is 2.91. The summed E-state index contributed by atoms with van der Waals surface area (Å²) in [4.78, 5) is 25.9. The first-order valence-corrected chi connectivity index (χ1v) is 11.9. The first kappa shape index (κ1) is 23.2. The zero-order valence-electron chi connectivity index (χ0n) is 18.8. The Balaban J connectivity index is 1.26. The third-order valence-corrected chi connectivity index (χ3v) is 6.70. The zero-order valence-corrected chi connectivity index (χ0v) is 20.4. The fraction of sp³-hybridized carbons (Fsp3) is 0.240. The molecule has 1 saturated heterocycles. The molecular weight excluding hydrogens is 520 g/mol. The molecule has 1 unspecified atom stereocenters. The first-order valence-electron chi connectivity index (χ1n) is 11.1. The number of pyridine rings is 1. The molecule has 180 valence electrons. The first-order chi connectivity index (χ1) is 16.9. The van der Waals surface area contributed by atoms with Crippen LogP contribution in [0.15, 0.2) is 59.3 Å². The van der Waals surface area contributed by atoms with Gasteiger partial charge in [-0.3, -0.25) is 4.98 Å². The van der Waals surface area contributed by atoms with Gasteiger partial charge in [0.2, 0.25) is 0 Å². The normalized spacial score (nSPS) is 14.6. The van der Waals surface area contributed by atoms with E-state index >= 15 is 0 Å². The summed E-state index contributed by atoms with van der Waals surface area (Å²) in [5.41, 5.74) is 2.78. The lowest BCUT2D eigenvalue weighted by Gasteiger charge is -2.44. The van der Waals surface area contributed by atoms with Crippen molar-refractivity contribution in [2.75, 3.05) is 18.0 Å². The van der Waals surface area contributed by atoms with Gasteiger partial charge in [0.15, 0.2) is 5.82 Å². The van der Waals surface area contributed by atoms with Crippen LogP contribution in [0.25, 0.3) is 22.4 Å². The van der Waals surface area contributed by atoms with Gasteiger partial charge in [0, 0.05) is 43.5 Å². The van der Waals surface area contributed by atoms with Crippen LogP contribution in [0.4, 0.5) is 19.3 Å². The standard InChI is InChI=1S/C25H22BrF2N5O2/c1-14(30-25(34)35-13-15-5-3-2-4-6-15)16-11-33(12-16)23-18(9-29-10-19(23)26)24-31-21-8-17(27)7-20(28)22(21)32-24/h2-10,14,16H,11-13H2,1H3,(H,30,34)(H,31,32). The number of H-pyrrole nitrogens is 1. The lowest BCUT2D eigenvalue weighted by molar-refractivity contribution is 0.131. The highest BCUT2D eigenvalue weighted by atomic mass is 79.9. The minimum absolute atomic E-state index is 0.0700. The van der Waals surface area contributed by atoms with Crippen molar-refractivity contribution < 1.29 is 18.3 Å². The lowest BCUT2D eigenvalue weighted by Crippen LogP contribution is -2.56. The van der Waals surface area contributed by atoms with Crippen molar-refractivity contribution in [3.8, 4) is 11.4 Å². The molecule has 3 heterocycles. The molecule has 35 heavy (non-hydrogen) atoms. The molecule has 4 aromatic rings. The highest BCUT2D eigenvalue weighted by molar-refractivity contribution is 9.10. The van der Waals surface area contributed by atoms with Crippen molar-refractivity contribution in [1.29, 1.82) is 0 Å². The van der Waals surface area contributed by atoms with Gasteiger partial charge in [-0.2, -0.15) is 0 Å². The number of carbonyl (C=O) groups is 1. The third-order valence-electron chi connectivity index (χ3n) is 6.12. The van der Waals surface area contributed by atoms with Crippen LogP contribution in [0.2, 0.25) is 0 Å². The quantitative estimate of drug-likeness (QED) is 0.340. The van der Waals surface area contributed by atoms with Crippen LogP contribution in [0.3, 0.4) is 0 Å². The van der Waals surface area contributed by atoms with Crippen LogP contribution in [0.5, 0.6) is 0 Å². The number of aromatic nitrogens is 3. The van der Waals surface area contributed by atoms with Gasteiger partial charge in [0.1, 0.15) is 23.8 Å². The zero-order chi connectivity index (χ0) is 24.5. The maximum Gasteiger partial charge on any atom is 0.407 e. The number of nitrogens with zero attached hydrogens (tertiary/aromatic N) is 3. The van der Waals surface area contributed by atoms with Crippen molar-refractivity contribution in [3.05, 3.63) is 76.5 Å². The number of carbonyl (C=O) groups excluding carboxylic acids is 1. The van der Waals surface area contributed by atoms with E-state index in [0.717, 1.165) is 21.8 Å². The Morgan fingerprint density at radius 1 is 1.26 bits per heavy atom. The highest BCUT2D eigenvalue weighted by Crippen LogP contribution is 2.40. The largest absolute Gasteiger partial charge is 0.445 e. The van der Waals surface area contributed by atoms with Crippen molar-refractivity contribution >= 4 is 38.7 Å². The molecular formula is C25H22BrF2N5O2. The second-order valence-electron chi connectivity index (χ2n) is 8.55. The summed E-state index contributed by atoms with van der Waals surface area (Å²) < 4.78 is 33.9. The van der Waals surface area contributed by atoms with Crippen molar-refractivity contribution in [2.45, 2.75) is 19.6 Å². The topological polar surface area (TPSA) is 83.1 Å². The third kappa shape index (κ3) is 4.84. The molecule has 2 aromatic carbocycles. The van der Waals surface area contributed by atoms with Crippen LogP contribution >= 0.6 is 15.9 Å².